The first-order chi connectivity index (χ1) is 11.6. The van der Waals surface area contributed by atoms with E-state index in [9.17, 15) is 26.3 Å². The second kappa shape index (κ2) is 9.20. The first-order valence-electron chi connectivity index (χ1n) is 7.37. The van der Waals surface area contributed by atoms with Crippen LogP contribution < -0.4 is 10.6 Å². The predicted octanol–water partition coefficient (Wildman–Crippen LogP) is 3.56. The first kappa shape index (κ1) is 20.7. The lowest BCUT2D eigenvalue weighted by Gasteiger charge is -2.09. The van der Waals surface area contributed by atoms with Gasteiger partial charge in [0.05, 0.1) is 25.1 Å². The summed E-state index contributed by atoms with van der Waals surface area (Å²) in [6.45, 7) is 1.78. The molecule has 0 unspecified atom stereocenters. The van der Waals surface area contributed by atoms with E-state index >= 15 is 0 Å². The Kier molecular flexibility index (Phi) is 7.61. The van der Waals surface area contributed by atoms with Crippen LogP contribution in [0.2, 0.25) is 0 Å². The normalized spacial score (nSPS) is 12.4. The molecule has 0 bridgehead atoms. The maximum absolute atomic E-state index is 12.6. The van der Waals surface area contributed by atoms with E-state index in [4.69, 9.17) is 0 Å². The maximum atomic E-state index is 12.6. The molecule has 0 atom stereocenters. The van der Waals surface area contributed by atoms with Gasteiger partial charge in [-0.2, -0.15) is 26.3 Å². The zero-order chi connectivity index (χ0) is 18.9. The molecular formula is C16H17F6N3. The fourth-order valence-corrected chi connectivity index (χ4v) is 1.68. The SMILES string of the molecule is CCNC(=NCCC(F)(F)F)NCC#Cc1cccc(C(F)(F)F)c1. The summed E-state index contributed by atoms with van der Waals surface area (Å²) in [6.07, 6.45) is -9.77. The molecule has 25 heavy (non-hydrogen) atoms. The Labute approximate surface area is 141 Å². The van der Waals surface area contributed by atoms with Crippen molar-refractivity contribution in [2.24, 2.45) is 4.99 Å². The van der Waals surface area contributed by atoms with Gasteiger partial charge in [0.2, 0.25) is 0 Å². The monoisotopic (exact) mass is 365 g/mol. The van der Waals surface area contributed by atoms with Gasteiger partial charge in [-0.05, 0) is 25.1 Å². The molecule has 0 heterocycles. The van der Waals surface area contributed by atoms with Crippen LogP contribution in [0.5, 0.6) is 0 Å². The molecule has 1 rings (SSSR count). The number of nitrogens with one attached hydrogen (secondary N) is 2. The van der Waals surface area contributed by atoms with Crippen molar-refractivity contribution >= 4 is 5.96 Å². The van der Waals surface area contributed by atoms with E-state index in [2.05, 4.69) is 27.5 Å². The largest absolute Gasteiger partial charge is 0.416 e. The van der Waals surface area contributed by atoms with Crippen molar-refractivity contribution in [1.29, 1.82) is 0 Å². The van der Waals surface area contributed by atoms with Crippen LogP contribution in [0.1, 0.15) is 24.5 Å². The van der Waals surface area contributed by atoms with Crippen LogP contribution in [0.3, 0.4) is 0 Å². The van der Waals surface area contributed by atoms with Crippen molar-refractivity contribution in [3.05, 3.63) is 35.4 Å². The molecule has 9 heteroatoms. The van der Waals surface area contributed by atoms with Crippen LogP contribution in [0.25, 0.3) is 0 Å². The topological polar surface area (TPSA) is 36.4 Å². The third-order valence-electron chi connectivity index (χ3n) is 2.78. The molecule has 0 saturated carbocycles. The molecule has 1 aromatic rings. The Morgan fingerprint density at radius 1 is 1.12 bits per heavy atom. The highest BCUT2D eigenvalue weighted by Gasteiger charge is 2.30. The minimum atomic E-state index is -4.45. The summed E-state index contributed by atoms with van der Waals surface area (Å²) in [5.41, 5.74) is -0.607. The lowest BCUT2D eigenvalue weighted by Crippen LogP contribution is -2.37. The van der Waals surface area contributed by atoms with E-state index in [0.717, 1.165) is 12.1 Å². The van der Waals surface area contributed by atoms with Gasteiger partial charge in [0.25, 0.3) is 0 Å². The van der Waals surface area contributed by atoms with E-state index in [0.29, 0.717) is 6.54 Å². The summed E-state index contributed by atoms with van der Waals surface area (Å²) in [7, 11) is 0. The average molecular weight is 365 g/mol. The molecule has 0 aliphatic heterocycles. The van der Waals surface area contributed by atoms with Crippen molar-refractivity contribution in [2.75, 3.05) is 19.6 Å². The Bertz CT molecular complexity index is 638. The number of hydrogen-bond donors (Lipinski definition) is 2. The average Bonchev–Trinajstić information content (AvgIpc) is 2.49. The van der Waals surface area contributed by atoms with E-state index in [1.165, 1.54) is 12.1 Å². The molecule has 0 aromatic heterocycles. The van der Waals surface area contributed by atoms with E-state index in [1.54, 1.807) is 6.92 Å². The van der Waals surface area contributed by atoms with Gasteiger partial charge in [0, 0.05) is 12.1 Å². The van der Waals surface area contributed by atoms with Gasteiger partial charge < -0.3 is 10.6 Å². The maximum Gasteiger partial charge on any atom is 0.416 e. The van der Waals surface area contributed by atoms with E-state index in [1.807, 2.05) is 0 Å². The van der Waals surface area contributed by atoms with E-state index < -0.39 is 30.9 Å². The molecule has 1 aromatic carbocycles. The number of halogens is 6. The Morgan fingerprint density at radius 3 is 2.44 bits per heavy atom. The number of benzene rings is 1. The van der Waals surface area contributed by atoms with Crippen LogP contribution in [0.15, 0.2) is 29.3 Å². The standard InChI is InChI=1S/C16H17F6N3/c1-2-23-14(25-10-8-15(17,18)19)24-9-4-6-12-5-3-7-13(11-12)16(20,21)22/h3,5,7,11H,2,8-10H2,1H3,(H2,23,24,25). The third-order valence-corrected chi connectivity index (χ3v) is 2.78. The highest BCUT2D eigenvalue weighted by molar-refractivity contribution is 5.80. The summed E-state index contributed by atoms with van der Waals surface area (Å²) in [4.78, 5) is 3.75. The van der Waals surface area contributed by atoms with Crippen LogP contribution >= 0.6 is 0 Å². The predicted molar refractivity (Wildman–Crippen MR) is 83.0 cm³/mol. The minimum Gasteiger partial charge on any atom is -0.357 e. The van der Waals surface area contributed by atoms with Crippen LogP contribution in [0.4, 0.5) is 26.3 Å². The number of rotatable bonds is 4. The molecule has 3 nitrogen and oxygen atoms in total. The Morgan fingerprint density at radius 2 is 1.84 bits per heavy atom. The smallest absolute Gasteiger partial charge is 0.357 e. The Balaban J connectivity index is 2.62. The molecular weight excluding hydrogens is 348 g/mol. The summed E-state index contributed by atoms with van der Waals surface area (Å²) >= 11 is 0. The fourth-order valence-electron chi connectivity index (χ4n) is 1.68. The number of hydrogen-bond acceptors (Lipinski definition) is 1. The molecule has 0 aliphatic rings. The number of aliphatic imine (C=N–C) groups is 1. The Hall–Kier alpha value is -2.37. The van der Waals surface area contributed by atoms with Crippen LogP contribution in [0, 0.1) is 11.8 Å². The second-order valence-corrected chi connectivity index (χ2v) is 4.86. The van der Waals surface area contributed by atoms with Gasteiger partial charge >= 0.3 is 12.4 Å². The summed E-state index contributed by atoms with van der Waals surface area (Å²) in [6, 6.07) is 4.56. The molecule has 2 N–H and O–H groups in total. The number of alkyl halides is 6. The molecule has 0 radical (unpaired) electrons. The number of guanidine groups is 1. The van der Waals surface area contributed by atoms with Gasteiger partial charge in [-0.3, -0.25) is 4.99 Å². The van der Waals surface area contributed by atoms with Gasteiger partial charge in [-0.15, -0.1) is 0 Å². The highest BCUT2D eigenvalue weighted by atomic mass is 19.4. The lowest BCUT2D eigenvalue weighted by atomic mass is 10.1. The van der Waals surface area contributed by atoms with Crippen molar-refractivity contribution in [2.45, 2.75) is 25.7 Å². The summed E-state index contributed by atoms with van der Waals surface area (Å²) in [5, 5.41) is 5.45. The second-order valence-electron chi connectivity index (χ2n) is 4.86. The lowest BCUT2D eigenvalue weighted by molar-refractivity contribution is -0.137. The quantitative estimate of drug-likeness (QED) is 0.371. The molecule has 138 valence electrons. The zero-order valence-electron chi connectivity index (χ0n) is 13.4. The first-order valence-corrected chi connectivity index (χ1v) is 7.37. The molecule has 0 aliphatic carbocycles. The molecule has 0 saturated heterocycles. The van der Waals surface area contributed by atoms with Gasteiger partial charge in [-0.1, -0.05) is 17.9 Å². The zero-order valence-corrected chi connectivity index (χ0v) is 13.4. The van der Waals surface area contributed by atoms with Crippen molar-refractivity contribution in [3.8, 4) is 11.8 Å². The van der Waals surface area contributed by atoms with Crippen molar-refractivity contribution in [1.82, 2.24) is 10.6 Å². The highest BCUT2D eigenvalue weighted by Crippen LogP contribution is 2.29. The third kappa shape index (κ3) is 8.88. The van der Waals surface area contributed by atoms with Crippen molar-refractivity contribution < 1.29 is 26.3 Å². The molecule has 0 fully saturated rings. The fraction of sp³-hybridized carbons (Fsp3) is 0.438. The van der Waals surface area contributed by atoms with Crippen LogP contribution in [-0.4, -0.2) is 31.8 Å². The molecule has 0 spiro atoms. The number of nitrogens with zero attached hydrogens (tertiary/aromatic N) is 1. The molecule has 0 amide bonds. The van der Waals surface area contributed by atoms with Crippen LogP contribution in [-0.2, 0) is 6.18 Å². The van der Waals surface area contributed by atoms with E-state index in [-0.39, 0.29) is 18.1 Å². The summed E-state index contributed by atoms with van der Waals surface area (Å²) in [5.74, 6) is 5.32. The van der Waals surface area contributed by atoms with Gasteiger partial charge in [-0.25, -0.2) is 0 Å². The summed E-state index contributed by atoms with van der Waals surface area (Å²) < 4.78 is 74.0. The van der Waals surface area contributed by atoms with Gasteiger partial charge in [0.15, 0.2) is 5.96 Å². The minimum absolute atomic E-state index is 0.0219. The van der Waals surface area contributed by atoms with Gasteiger partial charge in [0.1, 0.15) is 0 Å². The van der Waals surface area contributed by atoms with Crippen molar-refractivity contribution in [3.63, 3.8) is 0 Å².